The van der Waals surface area contributed by atoms with Crippen molar-refractivity contribution >= 4 is 23.3 Å². The minimum absolute atomic E-state index is 0.0818. The molecule has 1 N–H and O–H groups in total. The van der Waals surface area contributed by atoms with E-state index in [1.165, 1.54) is 18.2 Å². The molecule has 7 nitrogen and oxygen atoms in total. The Balaban J connectivity index is 1.88. The highest BCUT2D eigenvalue weighted by Crippen LogP contribution is 2.38. The van der Waals surface area contributed by atoms with E-state index in [0.29, 0.717) is 5.92 Å². The number of nitro groups is 1. The van der Waals surface area contributed by atoms with Crippen LogP contribution in [0.1, 0.15) is 13.3 Å². The van der Waals surface area contributed by atoms with Gasteiger partial charge in [-0.3, -0.25) is 19.7 Å². The van der Waals surface area contributed by atoms with E-state index in [9.17, 15) is 19.7 Å². The minimum Gasteiger partial charge on any atom is -0.455 e. The van der Waals surface area contributed by atoms with Crippen LogP contribution in [0.25, 0.3) is 0 Å². The summed E-state index contributed by atoms with van der Waals surface area (Å²) in [6, 6.07) is 5.77. The second kappa shape index (κ2) is 5.68. The molecule has 1 amide bonds. The second-order valence-electron chi connectivity index (χ2n) is 4.75. The molecule has 0 saturated heterocycles. The first-order chi connectivity index (χ1) is 9.49. The number of hydrogen-bond acceptors (Lipinski definition) is 5. The van der Waals surface area contributed by atoms with Crippen LogP contribution in [0.4, 0.5) is 11.4 Å². The molecule has 1 aliphatic carbocycles. The molecule has 0 spiro atoms. The Bertz CT molecular complexity index is 557. The maximum Gasteiger partial charge on any atom is 0.309 e. The molecule has 1 fully saturated rings. The second-order valence-corrected chi connectivity index (χ2v) is 4.75. The van der Waals surface area contributed by atoms with Crippen LogP contribution in [0.3, 0.4) is 0 Å². The molecule has 1 aliphatic rings. The van der Waals surface area contributed by atoms with Gasteiger partial charge in [-0.25, -0.2) is 0 Å². The third-order valence-electron chi connectivity index (χ3n) is 3.13. The third kappa shape index (κ3) is 3.31. The van der Waals surface area contributed by atoms with Gasteiger partial charge in [-0.1, -0.05) is 19.1 Å². The van der Waals surface area contributed by atoms with E-state index in [1.54, 1.807) is 6.07 Å². The Kier molecular flexibility index (Phi) is 3.97. The quantitative estimate of drug-likeness (QED) is 0.502. The average Bonchev–Trinajstić information content (AvgIpc) is 3.13. The summed E-state index contributed by atoms with van der Waals surface area (Å²) in [4.78, 5) is 33.2. The zero-order valence-corrected chi connectivity index (χ0v) is 10.9. The van der Waals surface area contributed by atoms with Crippen LogP contribution in [-0.4, -0.2) is 23.4 Å². The van der Waals surface area contributed by atoms with Crippen LogP contribution in [0.5, 0.6) is 0 Å². The largest absolute Gasteiger partial charge is 0.455 e. The summed E-state index contributed by atoms with van der Waals surface area (Å²) in [6.45, 7) is 1.49. The predicted molar refractivity (Wildman–Crippen MR) is 70.0 cm³/mol. The SMILES string of the molecule is C[C@H]1C[C@H]1C(=O)OCC(=O)Nc1ccccc1[N+](=O)[O-]. The third-order valence-corrected chi connectivity index (χ3v) is 3.13. The number of para-hydroxylation sites is 2. The van der Waals surface area contributed by atoms with E-state index in [1.807, 2.05) is 6.92 Å². The lowest BCUT2D eigenvalue weighted by Crippen LogP contribution is -2.22. The topological polar surface area (TPSA) is 98.5 Å². The van der Waals surface area contributed by atoms with Crippen molar-refractivity contribution in [2.75, 3.05) is 11.9 Å². The van der Waals surface area contributed by atoms with Gasteiger partial charge in [-0.05, 0) is 18.4 Å². The molecule has 106 valence electrons. The summed E-state index contributed by atoms with van der Waals surface area (Å²) in [6.07, 6.45) is 0.782. The molecule has 7 heteroatoms. The minimum atomic E-state index is -0.596. The van der Waals surface area contributed by atoms with Crippen molar-refractivity contribution in [3.05, 3.63) is 34.4 Å². The average molecular weight is 278 g/mol. The molecule has 0 bridgehead atoms. The summed E-state index contributed by atoms with van der Waals surface area (Å²) in [5.74, 6) is -0.800. The summed E-state index contributed by atoms with van der Waals surface area (Å²) in [7, 11) is 0. The number of carbonyl (C=O) groups is 2. The van der Waals surface area contributed by atoms with Crippen molar-refractivity contribution in [3.8, 4) is 0 Å². The Morgan fingerprint density at radius 1 is 1.45 bits per heavy atom. The molecule has 0 unspecified atom stereocenters. The number of amides is 1. The lowest BCUT2D eigenvalue weighted by molar-refractivity contribution is -0.383. The van der Waals surface area contributed by atoms with Gasteiger partial charge in [0, 0.05) is 6.07 Å². The van der Waals surface area contributed by atoms with Crippen LogP contribution in [-0.2, 0) is 14.3 Å². The van der Waals surface area contributed by atoms with Gasteiger partial charge < -0.3 is 10.1 Å². The fraction of sp³-hybridized carbons (Fsp3) is 0.385. The molecular weight excluding hydrogens is 264 g/mol. The van der Waals surface area contributed by atoms with Gasteiger partial charge in [0.25, 0.3) is 11.6 Å². The zero-order chi connectivity index (χ0) is 14.7. The Labute approximate surface area is 115 Å². The molecule has 20 heavy (non-hydrogen) atoms. The fourth-order valence-electron chi connectivity index (χ4n) is 1.82. The van der Waals surface area contributed by atoms with E-state index in [0.717, 1.165) is 6.42 Å². The molecule has 0 heterocycles. The Morgan fingerprint density at radius 3 is 2.70 bits per heavy atom. The van der Waals surface area contributed by atoms with Crippen LogP contribution in [0.2, 0.25) is 0 Å². The summed E-state index contributed by atoms with van der Waals surface area (Å²) < 4.78 is 4.85. The first-order valence-corrected chi connectivity index (χ1v) is 6.19. The summed E-state index contributed by atoms with van der Waals surface area (Å²) in [5.41, 5.74) is -0.124. The highest BCUT2D eigenvalue weighted by atomic mass is 16.6. The van der Waals surface area contributed by atoms with Gasteiger partial charge in [-0.15, -0.1) is 0 Å². The van der Waals surface area contributed by atoms with E-state index in [-0.39, 0.29) is 17.3 Å². The number of nitrogens with zero attached hydrogens (tertiary/aromatic N) is 1. The summed E-state index contributed by atoms with van der Waals surface area (Å²) >= 11 is 0. The van der Waals surface area contributed by atoms with E-state index >= 15 is 0 Å². The van der Waals surface area contributed by atoms with Gasteiger partial charge in [0.15, 0.2) is 6.61 Å². The van der Waals surface area contributed by atoms with Gasteiger partial charge in [0.2, 0.25) is 0 Å². The lowest BCUT2D eigenvalue weighted by Gasteiger charge is -2.06. The number of benzene rings is 1. The van der Waals surface area contributed by atoms with Crippen LogP contribution >= 0.6 is 0 Å². The van der Waals surface area contributed by atoms with Crippen molar-refractivity contribution in [1.82, 2.24) is 0 Å². The fourth-order valence-corrected chi connectivity index (χ4v) is 1.82. The predicted octanol–water partition coefficient (Wildman–Crippen LogP) is 1.73. The number of esters is 1. The number of rotatable bonds is 5. The standard InChI is InChI=1S/C13H14N2O5/c1-8-6-9(8)13(17)20-7-12(16)14-10-4-2-3-5-11(10)15(18)19/h2-5,8-9H,6-7H2,1H3,(H,14,16)/t8-,9+/m0/s1. The van der Waals surface area contributed by atoms with Gasteiger partial charge in [0.05, 0.1) is 10.8 Å². The van der Waals surface area contributed by atoms with Gasteiger partial charge in [-0.2, -0.15) is 0 Å². The molecule has 2 atom stereocenters. The first kappa shape index (κ1) is 14.0. The molecule has 1 aromatic carbocycles. The number of hydrogen-bond donors (Lipinski definition) is 1. The number of nitrogens with one attached hydrogen (secondary N) is 1. The number of anilines is 1. The molecule has 0 aromatic heterocycles. The smallest absolute Gasteiger partial charge is 0.309 e. The van der Waals surface area contributed by atoms with Crippen LogP contribution in [0.15, 0.2) is 24.3 Å². The molecule has 0 radical (unpaired) electrons. The van der Waals surface area contributed by atoms with E-state index in [2.05, 4.69) is 5.32 Å². The Hall–Kier alpha value is -2.44. The first-order valence-electron chi connectivity index (χ1n) is 6.19. The molecule has 1 aromatic rings. The number of ether oxygens (including phenoxy) is 1. The zero-order valence-electron chi connectivity index (χ0n) is 10.9. The molecule has 1 saturated carbocycles. The van der Waals surface area contributed by atoms with Crippen molar-refractivity contribution in [1.29, 1.82) is 0 Å². The maximum atomic E-state index is 11.6. The molecule has 0 aliphatic heterocycles. The van der Waals surface area contributed by atoms with Crippen LogP contribution in [0, 0.1) is 22.0 Å². The monoisotopic (exact) mass is 278 g/mol. The maximum absolute atomic E-state index is 11.6. The van der Waals surface area contributed by atoms with Crippen molar-refractivity contribution < 1.29 is 19.2 Å². The Morgan fingerprint density at radius 2 is 2.10 bits per heavy atom. The lowest BCUT2D eigenvalue weighted by atomic mass is 10.2. The van der Waals surface area contributed by atoms with Crippen molar-refractivity contribution in [3.63, 3.8) is 0 Å². The van der Waals surface area contributed by atoms with E-state index < -0.39 is 23.4 Å². The molecule has 2 rings (SSSR count). The highest BCUT2D eigenvalue weighted by molar-refractivity contribution is 5.95. The molecular formula is C13H14N2O5. The number of carbonyl (C=O) groups excluding carboxylic acids is 2. The summed E-state index contributed by atoms with van der Waals surface area (Å²) in [5, 5.41) is 13.1. The van der Waals surface area contributed by atoms with E-state index in [4.69, 9.17) is 4.74 Å². The normalized spacial score (nSPS) is 20.1. The highest BCUT2D eigenvalue weighted by Gasteiger charge is 2.40. The van der Waals surface area contributed by atoms with Crippen LogP contribution < -0.4 is 5.32 Å². The number of nitro benzene ring substituents is 1. The van der Waals surface area contributed by atoms with Crippen molar-refractivity contribution in [2.45, 2.75) is 13.3 Å². The van der Waals surface area contributed by atoms with Crippen molar-refractivity contribution in [2.24, 2.45) is 11.8 Å². The van der Waals surface area contributed by atoms with Gasteiger partial charge >= 0.3 is 5.97 Å². The van der Waals surface area contributed by atoms with Gasteiger partial charge in [0.1, 0.15) is 5.69 Å².